The highest BCUT2D eigenvalue weighted by atomic mass is 32.1. The van der Waals surface area contributed by atoms with Crippen LogP contribution in [-0.2, 0) is 4.79 Å². The zero-order chi connectivity index (χ0) is 17.0. The lowest BCUT2D eigenvalue weighted by atomic mass is 10.1. The van der Waals surface area contributed by atoms with Gasteiger partial charge in [0.15, 0.2) is 17.1 Å². The number of aromatic nitrogens is 2. The van der Waals surface area contributed by atoms with E-state index in [1.165, 1.54) is 11.3 Å². The van der Waals surface area contributed by atoms with Crippen molar-refractivity contribution in [3.05, 3.63) is 29.3 Å². The van der Waals surface area contributed by atoms with Crippen molar-refractivity contribution in [2.45, 2.75) is 32.4 Å². The molecule has 1 atom stereocenters. The summed E-state index contributed by atoms with van der Waals surface area (Å²) in [5, 5.41) is 11.5. The van der Waals surface area contributed by atoms with Gasteiger partial charge in [-0.3, -0.25) is 4.79 Å². The van der Waals surface area contributed by atoms with Crippen molar-refractivity contribution in [3.8, 4) is 11.5 Å². The van der Waals surface area contributed by atoms with Crippen molar-refractivity contribution in [2.24, 2.45) is 0 Å². The van der Waals surface area contributed by atoms with Gasteiger partial charge in [-0.25, -0.2) is 0 Å². The summed E-state index contributed by atoms with van der Waals surface area (Å²) in [6.45, 7) is 5.20. The van der Waals surface area contributed by atoms with Gasteiger partial charge in [-0.1, -0.05) is 23.5 Å². The third-order valence-electron chi connectivity index (χ3n) is 3.16. The van der Waals surface area contributed by atoms with Gasteiger partial charge >= 0.3 is 0 Å². The van der Waals surface area contributed by atoms with Crippen molar-refractivity contribution < 1.29 is 14.3 Å². The van der Waals surface area contributed by atoms with E-state index in [1.807, 2.05) is 19.1 Å². The number of rotatable bonds is 6. The molecule has 7 nitrogen and oxygen atoms in total. The summed E-state index contributed by atoms with van der Waals surface area (Å²) in [6, 6.07) is 6.87. The Morgan fingerprint density at radius 1 is 1.30 bits per heavy atom. The molecule has 0 aliphatic heterocycles. The average Bonchev–Trinajstić information content (AvgIpc) is 2.94. The molecule has 124 valence electrons. The molecule has 0 spiro atoms. The molecule has 1 amide bonds. The van der Waals surface area contributed by atoms with Crippen LogP contribution in [0.25, 0.3) is 0 Å². The van der Waals surface area contributed by atoms with Crippen molar-refractivity contribution in [2.75, 3.05) is 12.8 Å². The molecule has 0 unspecified atom stereocenters. The molecule has 0 bridgehead atoms. The number of nitrogens with zero attached hydrogens (tertiary/aromatic N) is 2. The number of nitrogens with two attached hydrogens (primary N) is 1. The largest absolute Gasteiger partial charge is 0.493 e. The molecule has 0 saturated heterocycles. The number of hydrogen-bond donors (Lipinski definition) is 2. The molecule has 1 aromatic heterocycles. The summed E-state index contributed by atoms with van der Waals surface area (Å²) in [4.78, 5) is 12.5. The van der Waals surface area contributed by atoms with Gasteiger partial charge in [0.1, 0.15) is 5.01 Å². The van der Waals surface area contributed by atoms with Crippen LogP contribution in [0.4, 0.5) is 5.13 Å². The van der Waals surface area contributed by atoms with E-state index in [-0.39, 0.29) is 11.9 Å². The van der Waals surface area contributed by atoms with Gasteiger partial charge in [0.25, 0.3) is 5.91 Å². The van der Waals surface area contributed by atoms with E-state index < -0.39 is 5.60 Å². The second-order valence-corrected chi connectivity index (χ2v) is 6.48. The zero-order valence-corrected chi connectivity index (χ0v) is 14.3. The predicted octanol–water partition coefficient (Wildman–Crippen LogP) is 2.16. The summed E-state index contributed by atoms with van der Waals surface area (Å²) >= 11 is 1.24. The number of nitrogens with one attached hydrogen (secondary N) is 1. The summed E-state index contributed by atoms with van der Waals surface area (Å²) in [7, 11) is 1.55. The summed E-state index contributed by atoms with van der Waals surface area (Å²) in [6.07, 6.45) is 0. The van der Waals surface area contributed by atoms with Crippen LogP contribution in [0.15, 0.2) is 24.3 Å². The fourth-order valence-corrected chi connectivity index (χ4v) is 2.49. The molecule has 2 rings (SSSR count). The second kappa shape index (κ2) is 6.82. The minimum absolute atomic E-state index is 0.273. The Labute approximate surface area is 138 Å². The number of methoxy groups -OCH3 is 1. The first-order valence-electron chi connectivity index (χ1n) is 7.05. The first kappa shape index (κ1) is 17.0. The van der Waals surface area contributed by atoms with E-state index in [1.54, 1.807) is 33.1 Å². The number of para-hydroxylation sites is 2. The first-order chi connectivity index (χ1) is 10.8. The van der Waals surface area contributed by atoms with E-state index in [2.05, 4.69) is 15.5 Å². The molecule has 0 saturated carbocycles. The molecule has 23 heavy (non-hydrogen) atoms. The third-order valence-corrected chi connectivity index (χ3v) is 4.09. The fraction of sp³-hybridized carbons (Fsp3) is 0.400. The van der Waals surface area contributed by atoms with E-state index in [0.717, 1.165) is 0 Å². The Hall–Kier alpha value is -2.35. The third kappa shape index (κ3) is 4.10. The van der Waals surface area contributed by atoms with Crippen LogP contribution in [-0.4, -0.2) is 28.8 Å². The quantitative estimate of drug-likeness (QED) is 0.838. The maximum atomic E-state index is 12.5. The van der Waals surface area contributed by atoms with Crippen LogP contribution >= 0.6 is 11.3 Å². The molecule has 8 heteroatoms. The van der Waals surface area contributed by atoms with Crippen LogP contribution in [0, 0.1) is 0 Å². The van der Waals surface area contributed by atoms with Crippen LogP contribution < -0.4 is 20.5 Å². The van der Waals surface area contributed by atoms with Crippen LogP contribution in [0.1, 0.15) is 31.8 Å². The van der Waals surface area contributed by atoms with Gasteiger partial charge < -0.3 is 20.5 Å². The van der Waals surface area contributed by atoms with Gasteiger partial charge in [0.2, 0.25) is 5.13 Å². The van der Waals surface area contributed by atoms with Crippen LogP contribution in [0.5, 0.6) is 11.5 Å². The highest BCUT2D eigenvalue weighted by Gasteiger charge is 2.32. The number of benzene rings is 1. The Morgan fingerprint density at radius 2 is 1.96 bits per heavy atom. The summed E-state index contributed by atoms with van der Waals surface area (Å²) in [5.74, 6) is 0.797. The fourth-order valence-electron chi connectivity index (χ4n) is 1.88. The predicted molar refractivity (Wildman–Crippen MR) is 88.6 cm³/mol. The van der Waals surface area contributed by atoms with E-state index >= 15 is 0 Å². The van der Waals surface area contributed by atoms with Gasteiger partial charge in [-0.15, -0.1) is 10.2 Å². The Kier molecular flexibility index (Phi) is 5.05. The molecular formula is C15H20N4O3S. The number of amides is 1. The van der Waals surface area contributed by atoms with Crippen molar-refractivity contribution in [1.29, 1.82) is 0 Å². The lowest BCUT2D eigenvalue weighted by Gasteiger charge is -2.27. The van der Waals surface area contributed by atoms with Crippen LogP contribution in [0.3, 0.4) is 0 Å². The number of carbonyl (C=O) groups is 1. The molecular weight excluding hydrogens is 316 g/mol. The SMILES string of the molecule is COc1ccccc1OC(C)(C)C(=O)N[C@@H](C)c1nnc(N)s1. The maximum Gasteiger partial charge on any atom is 0.264 e. The first-order valence-corrected chi connectivity index (χ1v) is 7.87. The van der Waals surface area contributed by atoms with Gasteiger partial charge in [-0.2, -0.15) is 0 Å². The normalized spacial score (nSPS) is 12.5. The molecule has 2 aromatic rings. The standard InChI is InChI=1S/C15H20N4O3S/c1-9(12-18-19-14(16)23-12)17-13(20)15(2,3)22-11-8-6-5-7-10(11)21-4/h5-9H,1-4H3,(H2,16,19)(H,17,20)/t9-/m0/s1. The Morgan fingerprint density at radius 3 is 2.52 bits per heavy atom. The van der Waals surface area contributed by atoms with E-state index in [4.69, 9.17) is 15.2 Å². The molecule has 0 radical (unpaired) electrons. The highest BCUT2D eigenvalue weighted by molar-refractivity contribution is 7.15. The number of hydrogen-bond acceptors (Lipinski definition) is 7. The molecule has 0 aliphatic carbocycles. The lowest BCUT2D eigenvalue weighted by Crippen LogP contribution is -2.47. The van der Waals surface area contributed by atoms with Crippen molar-refractivity contribution >= 4 is 22.4 Å². The Balaban J connectivity index is 2.07. The Bertz CT molecular complexity index is 687. The van der Waals surface area contributed by atoms with E-state index in [9.17, 15) is 4.79 Å². The molecule has 1 heterocycles. The average molecular weight is 336 g/mol. The summed E-state index contributed by atoms with van der Waals surface area (Å²) in [5.41, 5.74) is 4.48. The molecule has 0 fully saturated rings. The minimum atomic E-state index is -1.08. The minimum Gasteiger partial charge on any atom is -0.493 e. The number of anilines is 1. The smallest absolute Gasteiger partial charge is 0.264 e. The van der Waals surface area contributed by atoms with Gasteiger partial charge in [-0.05, 0) is 32.9 Å². The topological polar surface area (TPSA) is 99.4 Å². The number of carbonyl (C=O) groups excluding carboxylic acids is 1. The number of ether oxygens (including phenoxy) is 2. The zero-order valence-electron chi connectivity index (χ0n) is 13.5. The highest BCUT2D eigenvalue weighted by Crippen LogP contribution is 2.30. The monoisotopic (exact) mass is 336 g/mol. The van der Waals surface area contributed by atoms with Crippen molar-refractivity contribution in [3.63, 3.8) is 0 Å². The summed E-state index contributed by atoms with van der Waals surface area (Å²) < 4.78 is 11.1. The van der Waals surface area contributed by atoms with Gasteiger partial charge in [0, 0.05) is 0 Å². The maximum absolute atomic E-state index is 12.5. The molecule has 0 aliphatic rings. The van der Waals surface area contributed by atoms with Gasteiger partial charge in [0.05, 0.1) is 13.2 Å². The number of nitrogen functional groups attached to an aromatic ring is 1. The molecule has 3 N–H and O–H groups in total. The second-order valence-electron chi connectivity index (χ2n) is 5.44. The van der Waals surface area contributed by atoms with E-state index in [0.29, 0.717) is 21.6 Å². The lowest BCUT2D eigenvalue weighted by molar-refractivity contribution is -0.135. The molecule has 1 aromatic carbocycles. The van der Waals surface area contributed by atoms with Crippen molar-refractivity contribution in [1.82, 2.24) is 15.5 Å². The van der Waals surface area contributed by atoms with Crippen LogP contribution in [0.2, 0.25) is 0 Å².